The molecule has 3 rings (SSSR count). The third-order valence-corrected chi connectivity index (χ3v) is 3.75. The number of imidazole rings is 1. The zero-order valence-electron chi connectivity index (χ0n) is 11.1. The molecule has 0 radical (unpaired) electrons. The van der Waals surface area contributed by atoms with E-state index in [0.717, 1.165) is 35.6 Å². The Morgan fingerprint density at radius 2 is 2.30 bits per heavy atom. The largest absolute Gasteiger partial charge is 0.324 e. The van der Waals surface area contributed by atoms with E-state index in [1.165, 1.54) is 0 Å². The van der Waals surface area contributed by atoms with Crippen LogP contribution >= 0.6 is 11.6 Å². The maximum absolute atomic E-state index is 11.6. The molecule has 0 spiro atoms. The van der Waals surface area contributed by atoms with Gasteiger partial charge in [0.05, 0.1) is 10.7 Å². The number of nitrogens with zero attached hydrogens (tertiary/aromatic N) is 2. The van der Waals surface area contributed by atoms with E-state index in [9.17, 15) is 4.79 Å². The predicted molar refractivity (Wildman–Crippen MR) is 78.1 cm³/mol. The van der Waals surface area contributed by atoms with E-state index < -0.39 is 6.04 Å². The Labute approximate surface area is 121 Å². The van der Waals surface area contributed by atoms with Crippen LogP contribution in [0.5, 0.6) is 0 Å². The highest BCUT2D eigenvalue weighted by Crippen LogP contribution is 2.35. The number of nitrogens with one attached hydrogen (secondary N) is 1. The summed E-state index contributed by atoms with van der Waals surface area (Å²) in [5, 5.41) is 3.33. The topological polar surface area (TPSA) is 72.9 Å². The molecule has 1 unspecified atom stereocenters. The molecule has 1 aromatic heterocycles. The van der Waals surface area contributed by atoms with E-state index in [4.69, 9.17) is 17.3 Å². The first-order chi connectivity index (χ1) is 9.61. The van der Waals surface area contributed by atoms with Gasteiger partial charge in [0.1, 0.15) is 11.9 Å². The summed E-state index contributed by atoms with van der Waals surface area (Å²) in [6, 6.07) is 2.96. The van der Waals surface area contributed by atoms with Crippen LogP contribution in [0.1, 0.15) is 30.8 Å². The Kier molecular flexibility index (Phi) is 3.23. The number of benzene rings is 1. The van der Waals surface area contributed by atoms with Gasteiger partial charge in [-0.1, -0.05) is 18.5 Å². The van der Waals surface area contributed by atoms with Crippen molar-refractivity contribution in [2.45, 2.75) is 25.8 Å². The first-order valence-electron chi connectivity index (χ1n) is 6.54. The van der Waals surface area contributed by atoms with Gasteiger partial charge in [-0.05, 0) is 18.6 Å². The predicted octanol–water partition coefficient (Wildman–Crippen LogP) is 2.43. The highest BCUT2D eigenvalue weighted by molar-refractivity contribution is 6.32. The van der Waals surface area contributed by atoms with Crippen LogP contribution in [-0.4, -0.2) is 15.5 Å². The standard InChI is InChI=1S/C14H15ClN4O/c1-2-3-12-17-4-5-19(12)11-7-10-8(6-9(11)15)13(16)14(20)18-10/h4-7,13H,2-3,16H2,1H3,(H,18,20). The molecule has 2 heterocycles. The molecule has 5 nitrogen and oxygen atoms in total. The number of carbonyl (C=O) groups excluding carboxylic acids is 1. The Morgan fingerprint density at radius 1 is 1.50 bits per heavy atom. The number of amides is 1. The van der Waals surface area contributed by atoms with Gasteiger partial charge in [0, 0.05) is 30.1 Å². The lowest BCUT2D eigenvalue weighted by Crippen LogP contribution is -2.19. The van der Waals surface area contributed by atoms with Crippen LogP contribution in [0.15, 0.2) is 24.5 Å². The first kappa shape index (κ1) is 13.1. The van der Waals surface area contributed by atoms with Crippen molar-refractivity contribution in [1.29, 1.82) is 0 Å². The van der Waals surface area contributed by atoms with Gasteiger partial charge in [-0.15, -0.1) is 0 Å². The molecule has 1 atom stereocenters. The lowest BCUT2D eigenvalue weighted by Gasteiger charge is -2.12. The molecule has 6 heteroatoms. The molecule has 3 N–H and O–H groups in total. The second-order valence-corrected chi connectivity index (χ2v) is 5.23. The molecule has 1 aliphatic rings. The Balaban J connectivity index is 2.10. The molecule has 0 aliphatic carbocycles. The highest BCUT2D eigenvalue weighted by atomic mass is 35.5. The number of rotatable bonds is 3. The Morgan fingerprint density at radius 3 is 3.05 bits per heavy atom. The van der Waals surface area contributed by atoms with Crippen LogP contribution in [0, 0.1) is 0 Å². The van der Waals surface area contributed by atoms with Crippen molar-refractivity contribution >= 4 is 23.2 Å². The SMILES string of the molecule is CCCc1nccn1-c1cc2c(cc1Cl)C(N)C(=O)N2. The van der Waals surface area contributed by atoms with Gasteiger partial charge in [-0.25, -0.2) is 4.98 Å². The normalized spacial score (nSPS) is 17.1. The van der Waals surface area contributed by atoms with E-state index in [0.29, 0.717) is 5.02 Å². The third kappa shape index (κ3) is 1.99. The number of aryl methyl sites for hydroxylation is 1. The van der Waals surface area contributed by atoms with Crippen molar-refractivity contribution in [3.8, 4) is 5.69 Å². The number of nitrogens with two attached hydrogens (primary N) is 1. The zero-order chi connectivity index (χ0) is 14.3. The van der Waals surface area contributed by atoms with Gasteiger partial charge in [-0.3, -0.25) is 4.79 Å². The van der Waals surface area contributed by atoms with Crippen molar-refractivity contribution in [2.75, 3.05) is 5.32 Å². The van der Waals surface area contributed by atoms with E-state index in [-0.39, 0.29) is 5.91 Å². The second kappa shape index (κ2) is 4.92. The number of carbonyl (C=O) groups is 1. The molecule has 2 aromatic rings. The van der Waals surface area contributed by atoms with E-state index in [1.807, 2.05) is 16.8 Å². The van der Waals surface area contributed by atoms with Gasteiger partial charge in [0.25, 0.3) is 0 Å². The summed E-state index contributed by atoms with van der Waals surface area (Å²) in [4.78, 5) is 16.0. The number of hydrogen-bond donors (Lipinski definition) is 2. The van der Waals surface area contributed by atoms with Gasteiger partial charge in [0.15, 0.2) is 0 Å². The van der Waals surface area contributed by atoms with Crippen molar-refractivity contribution < 1.29 is 4.79 Å². The number of anilines is 1. The Hall–Kier alpha value is -1.85. The van der Waals surface area contributed by atoms with Crippen molar-refractivity contribution in [2.24, 2.45) is 5.73 Å². The summed E-state index contributed by atoms with van der Waals surface area (Å²) < 4.78 is 1.95. The average Bonchev–Trinajstić information content (AvgIpc) is 2.97. The van der Waals surface area contributed by atoms with E-state index in [2.05, 4.69) is 17.2 Å². The summed E-state index contributed by atoms with van der Waals surface area (Å²) in [7, 11) is 0. The fourth-order valence-corrected chi connectivity index (χ4v) is 2.70. The number of halogens is 1. The summed E-state index contributed by atoms with van der Waals surface area (Å²) in [5.74, 6) is 0.746. The molecule has 1 aromatic carbocycles. The summed E-state index contributed by atoms with van der Waals surface area (Å²) in [5.41, 5.74) is 8.08. The summed E-state index contributed by atoms with van der Waals surface area (Å²) in [6.07, 6.45) is 5.49. The summed E-state index contributed by atoms with van der Waals surface area (Å²) in [6.45, 7) is 2.10. The Bertz CT molecular complexity index is 680. The molecular weight excluding hydrogens is 276 g/mol. The van der Waals surface area contributed by atoms with E-state index in [1.54, 1.807) is 12.3 Å². The smallest absolute Gasteiger partial charge is 0.245 e. The van der Waals surface area contributed by atoms with Gasteiger partial charge in [0.2, 0.25) is 5.91 Å². The molecule has 0 fully saturated rings. The fourth-order valence-electron chi connectivity index (χ4n) is 2.44. The second-order valence-electron chi connectivity index (χ2n) is 4.82. The van der Waals surface area contributed by atoms with Crippen molar-refractivity contribution in [3.05, 3.63) is 40.9 Å². The molecule has 1 aliphatic heterocycles. The van der Waals surface area contributed by atoms with Crippen LogP contribution in [0.2, 0.25) is 5.02 Å². The average molecular weight is 291 g/mol. The molecular formula is C14H15ClN4O. The minimum atomic E-state index is -0.644. The van der Waals surface area contributed by atoms with Crippen LogP contribution in [0.4, 0.5) is 5.69 Å². The fraction of sp³-hybridized carbons (Fsp3) is 0.286. The molecule has 0 saturated carbocycles. The van der Waals surface area contributed by atoms with Crippen molar-refractivity contribution in [1.82, 2.24) is 9.55 Å². The maximum atomic E-state index is 11.6. The molecule has 0 saturated heterocycles. The molecule has 0 bridgehead atoms. The zero-order valence-corrected chi connectivity index (χ0v) is 11.8. The highest BCUT2D eigenvalue weighted by Gasteiger charge is 2.28. The van der Waals surface area contributed by atoms with Crippen molar-refractivity contribution in [3.63, 3.8) is 0 Å². The molecule has 1 amide bonds. The quantitative estimate of drug-likeness (QED) is 0.912. The van der Waals surface area contributed by atoms with Crippen LogP contribution < -0.4 is 11.1 Å². The van der Waals surface area contributed by atoms with Gasteiger partial charge in [-0.2, -0.15) is 0 Å². The van der Waals surface area contributed by atoms with Gasteiger partial charge < -0.3 is 15.6 Å². The van der Waals surface area contributed by atoms with E-state index >= 15 is 0 Å². The molecule has 104 valence electrons. The lowest BCUT2D eigenvalue weighted by molar-refractivity contribution is -0.116. The van der Waals surface area contributed by atoms with Crippen LogP contribution in [0.3, 0.4) is 0 Å². The van der Waals surface area contributed by atoms with Gasteiger partial charge >= 0.3 is 0 Å². The summed E-state index contributed by atoms with van der Waals surface area (Å²) >= 11 is 6.34. The first-order valence-corrected chi connectivity index (χ1v) is 6.92. The maximum Gasteiger partial charge on any atom is 0.245 e. The van der Waals surface area contributed by atoms with Crippen LogP contribution in [0.25, 0.3) is 5.69 Å². The minimum absolute atomic E-state index is 0.201. The van der Waals surface area contributed by atoms with Crippen LogP contribution in [-0.2, 0) is 11.2 Å². The monoisotopic (exact) mass is 290 g/mol. The minimum Gasteiger partial charge on any atom is -0.324 e. The lowest BCUT2D eigenvalue weighted by atomic mass is 10.1. The number of aromatic nitrogens is 2. The number of fused-ring (bicyclic) bond motifs is 1. The number of hydrogen-bond acceptors (Lipinski definition) is 3. The molecule has 20 heavy (non-hydrogen) atoms. The third-order valence-electron chi connectivity index (χ3n) is 3.44.